The van der Waals surface area contributed by atoms with Crippen molar-refractivity contribution in [3.05, 3.63) is 40.7 Å². The van der Waals surface area contributed by atoms with Crippen LogP contribution in [0.2, 0.25) is 0 Å². The van der Waals surface area contributed by atoms with Crippen LogP contribution < -0.4 is 11.1 Å². The average molecular weight is 316 g/mol. The van der Waals surface area contributed by atoms with Crippen LogP contribution in [0.3, 0.4) is 0 Å². The normalized spacial score (nSPS) is 11.6. The highest BCUT2D eigenvalue weighted by Crippen LogP contribution is 2.21. The van der Waals surface area contributed by atoms with Gasteiger partial charge in [-0.2, -0.15) is 0 Å². The number of nitrogens with one attached hydrogen (secondary N) is 1. The lowest BCUT2D eigenvalue weighted by atomic mass is 10.2. The van der Waals surface area contributed by atoms with Gasteiger partial charge in [0.1, 0.15) is 5.01 Å². The molecule has 118 valence electrons. The molecule has 2 aromatic rings. The Bertz CT molecular complexity index is 577. The smallest absolute Gasteiger partial charge is 0.189 e. The van der Waals surface area contributed by atoms with E-state index < -0.39 is 0 Å². The minimum atomic E-state index is 0.507. The number of unbranched alkanes of at least 4 members (excludes halogenated alkanes) is 3. The zero-order chi connectivity index (χ0) is 15.6. The monoisotopic (exact) mass is 316 g/mol. The first kappa shape index (κ1) is 16.5. The summed E-state index contributed by atoms with van der Waals surface area (Å²) in [7, 11) is 0. The molecule has 2 rings (SSSR count). The standard InChI is InChI=1S/C17H24N4S/c1-2-3-4-8-11-19-17(18)20-12-16-21-15(13-22-16)14-9-6-5-7-10-14/h5-7,9-10,13H,2-4,8,11-12H2,1H3,(H3,18,19,20). The van der Waals surface area contributed by atoms with Crippen molar-refractivity contribution in [2.75, 3.05) is 6.54 Å². The van der Waals surface area contributed by atoms with Gasteiger partial charge >= 0.3 is 0 Å². The fourth-order valence-electron chi connectivity index (χ4n) is 2.10. The number of aromatic nitrogens is 1. The molecule has 0 fully saturated rings. The first-order valence-electron chi connectivity index (χ1n) is 7.83. The van der Waals surface area contributed by atoms with E-state index in [1.807, 2.05) is 18.2 Å². The van der Waals surface area contributed by atoms with Crippen LogP contribution in [0.15, 0.2) is 40.7 Å². The van der Waals surface area contributed by atoms with Crippen molar-refractivity contribution in [1.82, 2.24) is 10.3 Å². The Morgan fingerprint density at radius 2 is 2.05 bits per heavy atom. The van der Waals surface area contributed by atoms with Crippen LogP contribution >= 0.6 is 11.3 Å². The topological polar surface area (TPSA) is 63.3 Å². The van der Waals surface area contributed by atoms with Crippen molar-refractivity contribution in [2.24, 2.45) is 10.7 Å². The quantitative estimate of drug-likeness (QED) is 0.442. The predicted octanol–water partition coefficient (Wildman–Crippen LogP) is 3.79. The number of rotatable bonds is 8. The first-order valence-corrected chi connectivity index (χ1v) is 8.71. The maximum Gasteiger partial charge on any atom is 0.189 e. The van der Waals surface area contributed by atoms with Gasteiger partial charge in [0, 0.05) is 17.5 Å². The molecule has 0 aliphatic heterocycles. The van der Waals surface area contributed by atoms with Crippen LogP contribution in [0, 0.1) is 0 Å². The number of thiazole rings is 1. The van der Waals surface area contributed by atoms with Gasteiger partial charge in [-0.1, -0.05) is 56.5 Å². The zero-order valence-corrected chi connectivity index (χ0v) is 13.9. The van der Waals surface area contributed by atoms with Crippen LogP contribution in [0.4, 0.5) is 0 Å². The number of hydrogen-bond acceptors (Lipinski definition) is 3. The summed E-state index contributed by atoms with van der Waals surface area (Å²) in [5, 5.41) is 6.20. The van der Waals surface area contributed by atoms with Crippen molar-refractivity contribution in [1.29, 1.82) is 0 Å². The Balaban J connectivity index is 1.79. The average Bonchev–Trinajstić information content (AvgIpc) is 3.02. The van der Waals surface area contributed by atoms with Crippen molar-refractivity contribution in [3.63, 3.8) is 0 Å². The fraction of sp³-hybridized carbons (Fsp3) is 0.412. The van der Waals surface area contributed by atoms with E-state index in [0.717, 1.165) is 29.2 Å². The lowest BCUT2D eigenvalue weighted by Gasteiger charge is -2.04. The molecule has 0 aliphatic rings. The van der Waals surface area contributed by atoms with E-state index in [9.17, 15) is 0 Å². The van der Waals surface area contributed by atoms with Crippen LogP contribution in [0.25, 0.3) is 11.3 Å². The van der Waals surface area contributed by atoms with Gasteiger partial charge in [-0.05, 0) is 6.42 Å². The summed E-state index contributed by atoms with van der Waals surface area (Å²) in [5.41, 5.74) is 8.01. The molecule has 0 unspecified atom stereocenters. The van der Waals surface area contributed by atoms with E-state index in [-0.39, 0.29) is 0 Å². The molecule has 0 bridgehead atoms. The minimum absolute atomic E-state index is 0.507. The van der Waals surface area contributed by atoms with Crippen molar-refractivity contribution < 1.29 is 0 Å². The number of nitrogens with zero attached hydrogens (tertiary/aromatic N) is 2. The molecule has 1 aromatic heterocycles. The van der Waals surface area contributed by atoms with Gasteiger partial charge in [0.2, 0.25) is 0 Å². The maximum atomic E-state index is 5.87. The molecule has 0 amide bonds. The number of hydrogen-bond donors (Lipinski definition) is 2. The van der Waals surface area contributed by atoms with E-state index in [1.165, 1.54) is 19.3 Å². The molecule has 4 nitrogen and oxygen atoms in total. The number of benzene rings is 1. The number of nitrogens with two attached hydrogens (primary N) is 1. The van der Waals surface area contributed by atoms with E-state index in [4.69, 9.17) is 5.73 Å². The third kappa shape index (κ3) is 5.48. The van der Waals surface area contributed by atoms with E-state index in [0.29, 0.717) is 12.5 Å². The SMILES string of the molecule is CCCCCCNC(N)=NCc1nc(-c2ccccc2)cs1. The Morgan fingerprint density at radius 1 is 1.23 bits per heavy atom. The second kappa shape index (κ2) is 9.20. The zero-order valence-electron chi connectivity index (χ0n) is 13.1. The molecule has 0 radical (unpaired) electrons. The molecule has 0 saturated carbocycles. The van der Waals surface area contributed by atoms with Crippen molar-refractivity contribution in [3.8, 4) is 11.3 Å². The summed E-state index contributed by atoms with van der Waals surface area (Å²) >= 11 is 1.62. The van der Waals surface area contributed by atoms with Gasteiger partial charge < -0.3 is 11.1 Å². The third-order valence-corrected chi connectivity index (χ3v) is 4.18. The molecule has 0 spiro atoms. The van der Waals surface area contributed by atoms with Gasteiger partial charge in [0.15, 0.2) is 5.96 Å². The Morgan fingerprint density at radius 3 is 2.82 bits per heavy atom. The predicted molar refractivity (Wildman–Crippen MR) is 95.0 cm³/mol. The summed E-state index contributed by atoms with van der Waals surface area (Å²) < 4.78 is 0. The molecule has 0 saturated heterocycles. The summed E-state index contributed by atoms with van der Waals surface area (Å²) in [4.78, 5) is 8.95. The Hall–Kier alpha value is -1.88. The Labute approximate surface area is 136 Å². The highest BCUT2D eigenvalue weighted by molar-refractivity contribution is 7.09. The Kier molecular flexibility index (Phi) is 6.90. The summed E-state index contributed by atoms with van der Waals surface area (Å²) in [6, 6.07) is 10.2. The van der Waals surface area contributed by atoms with E-state index >= 15 is 0 Å². The van der Waals surface area contributed by atoms with E-state index in [1.54, 1.807) is 11.3 Å². The van der Waals surface area contributed by atoms with Crippen LogP contribution in [0.5, 0.6) is 0 Å². The number of aliphatic imine (C=N–C) groups is 1. The highest BCUT2D eigenvalue weighted by atomic mass is 32.1. The number of guanidine groups is 1. The summed E-state index contributed by atoms with van der Waals surface area (Å²) in [6.07, 6.45) is 4.90. The minimum Gasteiger partial charge on any atom is -0.370 e. The van der Waals surface area contributed by atoms with Crippen LogP contribution in [0.1, 0.15) is 37.6 Å². The van der Waals surface area contributed by atoms with Crippen molar-refractivity contribution >= 4 is 17.3 Å². The maximum absolute atomic E-state index is 5.87. The van der Waals surface area contributed by atoms with Gasteiger partial charge in [0.25, 0.3) is 0 Å². The van der Waals surface area contributed by atoms with Gasteiger partial charge in [-0.25, -0.2) is 9.98 Å². The molecule has 0 atom stereocenters. The van der Waals surface area contributed by atoms with Gasteiger partial charge in [0.05, 0.1) is 12.2 Å². The second-order valence-corrected chi connectivity index (χ2v) is 6.12. The molecule has 1 aromatic carbocycles. The third-order valence-electron chi connectivity index (χ3n) is 3.34. The second-order valence-electron chi connectivity index (χ2n) is 5.18. The molecule has 0 aliphatic carbocycles. The molecule has 1 heterocycles. The lowest BCUT2D eigenvalue weighted by molar-refractivity contribution is 0.652. The van der Waals surface area contributed by atoms with Crippen LogP contribution in [-0.4, -0.2) is 17.5 Å². The van der Waals surface area contributed by atoms with Gasteiger partial charge in [-0.15, -0.1) is 11.3 Å². The molecule has 3 N–H and O–H groups in total. The molecule has 22 heavy (non-hydrogen) atoms. The van der Waals surface area contributed by atoms with Crippen molar-refractivity contribution in [2.45, 2.75) is 39.2 Å². The summed E-state index contributed by atoms with van der Waals surface area (Å²) in [5.74, 6) is 0.507. The first-order chi connectivity index (χ1) is 10.8. The fourth-order valence-corrected chi connectivity index (χ4v) is 2.83. The van der Waals surface area contributed by atoms with Crippen LogP contribution in [-0.2, 0) is 6.54 Å². The largest absolute Gasteiger partial charge is 0.370 e. The molecular weight excluding hydrogens is 292 g/mol. The summed E-state index contributed by atoms with van der Waals surface area (Å²) in [6.45, 7) is 3.63. The molecular formula is C17H24N4S. The highest BCUT2D eigenvalue weighted by Gasteiger charge is 2.03. The molecule has 5 heteroatoms. The van der Waals surface area contributed by atoms with E-state index in [2.05, 4.69) is 39.7 Å². The van der Waals surface area contributed by atoms with Gasteiger partial charge in [-0.3, -0.25) is 0 Å². The lowest BCUT2D eigenvalue weighted by Crippen LogP contribution is -2.32.